The van der Waals surface area contributed by atoms with Gasteiger partial charge >= 0.3 is 5.97 Å². The fourth-order valence-corrected chi connectivity index (χ4v) is 8.03. The lowest BCUT2D eigenvalue weighted by Crippen LogP contribution is -2.57. The van der Waals surface area contributed by atoms with Crippen molar-refractivity contribution in [3.8, 4) is 0 Å². The highest BCUT2D eigenvalue weighted by atomic mass is 79.9. The van der Waals surface area contributed by atoms with Gasteiger partial charge in [-0.2, -0.15) is 0 Å². The first-order valence-corrected chi connectivity index (χ1v) is 17.1. The van der Waals surface area contributed by atoms with E-state index >= 15 is 0 Å². The second-order valence-electron chi connectivity index (χ2n) is 12.1. The van der Waals surface area contributed by atoms with Crippen LogP contribution in [0.2, 0.25) is 0 Å². The molecule has 7 atom stereocenters. The predicted molar refractivity (Wildman–Crippen MR) is 180 cm³/mol. The highest BCUT2D eigenvalue weighted by molar-refractivity contribution is 9.09. The average Bonchev–Trinajstić information content (AvgIpc) is 3.64. The molecule has 1 unspecified atom stereocenters. The number of aliphatic hydroxyl groups is 1. The van der Waals surface area contributed by atoms with E-state index in [1.165, 1.54) is 4.90 Å². The minimum absolute atomic E-state index is 0.120. The van der Waals surface area contributed by atoms with Crippen molar-refractivity contribution in [2.45, 2.75) is 75.1 Å². The van der Waals surface area contributed by atoms with Crippen LogP contribution in [-0.4, -0.2) is 102 Å². The number of nitrogens with zero attached hydrogens (tertiary/aromatic N) is 3. The number of carbonyl (C=O) groups is 4. The van der Waals surface area contributed by atoms with E-state index in [4.69, 9.17) is 9.47 Å². The molecular formula is C34H47BrN4O7. The minimum Gasteiger partial charge on any atom is -0.460 e. The predicted octanol–water partition coefficient (Wildman–Crippen LogP) is 3.20. The lowest BCUT2D eigenvalue weighted by Gasteiger charge is -2.37. The van der Waals surface area contributed by atoms with E-state index in [1.807, 2.05) is 24.3 Å². The summed E-state index contributed by atoms with van der Waals surface area (Å²) >= 11 is 3.68. The van der Waals surface area contributed by atoms with Crippen LogP contribution in [0.25, 0.3) is 0 Å². The van der Waals surface area contributed by atoms with E-state index in [0.29, 0.717) is 18.5 Å². The van der Waals surface area contributed by atoms with Crippen molar-refractivity contribution in [2.75, 3.05) is 49.1 Å². The maximum Gasteiger partial charge on any atom is 0.312 e. The summed E-state index contributed by atoms with van der Waals surface area (Å²) in [5.41, 5.74) is 0.415. The molecule has 3 heterocycles. The van der Waals surface area contributed by atoms with Gasteiger partial charge in [0, 0.05) is 55.4 Å². The zero-order chi connectivity index (χ0) is 33.6. The monoisotopic (exact) mass is 702 g/mol. The van der Waals surface area contributed by atoms with Gasteiger partial charge in [-0.25, -0.2) is 0 Å². The zero-order valence-electron chi connectivity index (χ0n) is 27.0. The molecule has 0 aromatic heterocycles. The van der Waals surface area contributed by atoms with Gasteiger partial charge in [0.25, 0.3) is 5.91 Å². The SMILES string of the molecule is C=CCCC(=O)NC[C@@H](C)OC(=O)[C@H]1[C@@H]2O[C@@]3(CC2Br)[C@@H]1C(=O)N(CCCO)[C@@H]3C(=O)N(CC=C)c1ccc(N(CC)CC)cc1. The van der Waals surface area contributed by atoms with Crippen molar-refractivity contribution in [1.29, 1.82) is 0 Å². The number of amides is 3. The summed E-state index contributed by atoms with van der Waals surface area (Å²) in [5, 5.41) is 12.4. The molecule has 2 N–H and O–H groups in total. The molecule has 3 saturated heterocycles. The summed E-state index contributed by atoms with van der Waals surface area (Å²) in [4.78, 5) is 59.6. The number of benzene rings is 1. The number of nitrogens with one attached hydrogen (secondary N) is 1. The fraction of sp³-hybridized carbons (Fsp3) is 0.588. The normalized spacial score (nSPS) is 26.8. The van der Waals surface area contributed by atoms with Crippen LogP contribution in [-0.2, 0) is 28.7 Å². The van der Waals surface area contributed by atoms with Gasteiger partial charge in [-0.1, -0.05) is 28.1 Å². The Bertz CT molecular complexity index is 1290. The molecule has 4 rings (SSSR count). The number of carbonyl (C=O) groups excluding carboxylic acids is 4. The van der Waals surface area contributed by atoms with Crippen molar-refractivity contribution in [2.24, 2.45) is 11.8 Å². The van der Waals surface area contributed by atoms with Crippen LogP contribution in [0, 0.1) is 11.8 Å². The van der Waals surface area contributed by atoms with E-state index in [-0.39, 0.29) is 61.6 Å². The second kappa shape index (κ2) is 15.6. The third-order valence-electron chi connectivity index (χ3n) is 9.20. The van der Waals surface area contributed by atoms with Gasteiger partial charge in [0.15, 0.2) is 0 Å². The van der Waals surface area contributed by atoms with E-state index in [9.17, 15) is 24.3 Å². The third kappa shape index (κ3) is 6.89. The maximum absolute atomic E-state index is 14.6. The van der Waals surface area contributed by atoms with Crippen LogP contribution in [0.5, 0.6) is 0 Å². The zero-order valence-corrected chi connectivity index (χ0v) is 28.6. The average molecular weight is 704 g/mol. The molecular weight excluding hydrogens is 656 g/mol. The van der Waals surface area contributed by atoms with Crippen molar-refractivity contribution in [3.05, 3.63) is 49.6 Å². The van der Waals surface area contributed by atoms with Gasteiger partial charge in [0.2, 0.25) is 11.8 Å². The van der Waals surface area contributed by atoms with Crippen LogP contribution in [0.3, 0.4) is 0 Å². The number of halogens is 1. The molecule has 3 fully saturated rings. The van der Waals surface area contributed by atoms with E-state index in [2.05, 4.69) is 53.2 Å². The Balaban J connectivity index is 1.63. The van der Waals surface area contributed by atoms with Crippen LogP contribution >= 0.6 is 15.9 Å². The van der Waals surface area contributed by atoms with Crippen molar-refractivity contribution in [3.63, 3.8) is 0 Å². The van der Waals surface area contributed by atoms with E-state index < -0.39 is 41.7 Å². The van der Waals surface area contributed by atoms with Gasteiger partial charge in [0.1, 0.15) is 17.7 Å². The summed E-state index contributed by atoms with van der Waals surface area (Å²) in [5.74, 6) is -3.36. The number of ether oxygens (including phenoxy) is 2. The topological polar surface area (TPSA) is 129 Å². The van der Waals surface area contributed by atoms with E-state index in [0.717, 1.165) is 18.8 Å². The number of hydrogen-bond acceptors (Lipinski definition) is 8. The van der Waals surface area contributed by atoms with Crippen molar-refractivity contribution >= 4 is 51.0 Å². The molecule has 12 heteroatoms. The quantitative estimate of drug-likeness (QED) is 0.144. The number of esters is 1. The highest BCUT2D eigenvalue weighted by Crippen LogP contribution is 2.60. The van der Waals surface area contributed by atoms with E-state index in [1.54, 1.807) is 24.0 Å². The molecule has 1 aromatic carbocycles. The molecule has 1 spiro atoms. The molecule has 1 aromatic rings. The van der Waals surface area contributed by atoms with Crippen molar-refractivity contribution < 1.29 is 33.8 Å². The largest absolute Gasteiger partial charge is 0.460 e. The van der Waals surface area contributed by atoms with Gasteiger partial charge in [-0.05, 0) is 64.3 Å². The Kier molecular flexibility index (Phi) is 12.1. The molecule has 3 aliphatic rings. The lowest BCUT2D eigenvalue weighted by molar-refractivity contribution is -0.159. The van der Waals surface area contributed by atoms with Crippen LogP contribution in [0.1, 0.15) is 46.5 Å². The first-order valence-electron chi connectivity index (χ1n) is 16.2. The summed E-state index contributed by atoms with van der Waals surface area (Å²) in [6, 6.07) is 6.69. The highest BCUT2D eigenvalue weighted by Gasteiger charge is 2.77. The molecule has 11 nitrogen and oxygen atoms in total. The smallest absolute Gasteiger partial charge is 0.312 e. The number of allylic oxidation sites excluding steroid dienone is 1. The third-order valence-corrected chi connectivity index (χ3v) is 10.0. The lowest BCUT2D eigenvalue weighted by atomic mass is 9.70. The Morgan fingerprint density at radius 1 is 1.20 bits per heavy atom. The number of fused-ring (bicyclic) bond motifs is 1. The molecule has 46 heavy (non-hydrogen) atoms. The number of rotatable bonds is 17. The first-order chi connectivity index (χ1) is 22.1. The van der Waals surface area contributed by atoms with Crippen LogP contribution in [0.15, 0.2) is 49.6 Å². The molecule has 2 bridgehead atoms. The molecule has 0 radical (unpaired) electrons. The summed E-state index contributed by atoms with van der Waals surface area (Å²) in [6.45, 7) is 15.3. The van der Waals surface area contributed by atoms with Gasteiger partial charge in [0.05, 0.1) is 24.5 Å². The number of alkyl halides is 1. The Hall–Kier alpha value is -3.22. The van der Waals surface area contributed by atoms with Gasteiger partial charge < -0.3 is 34.6 Å². The second-order valence-corrected chi connectivity index (χ2v) is 13.3. The fourth-order valence-electron chi connectivity index (χ4n) is 7.09. The van der Waals surface area contributed by atoms with Crippen molar-refractivity contribution in [1.82, 2.24) is 10.2 Å². The van der Waals surface area contributed by atoms with Crippen LogP contribution < -0.4 is 15.1 Å². The standard InChI is InChI=1S/C34H47BrN4O7/c1-6-10-12-26(41)36-21-22(5)45-33(44)27-28-31(42)39(18-11-19-40)30(34(28)20-25(35)29(27)46-34)32(43)38(17-7-2)24-15-13-23(14-16-24)37(8-3)9-4/h6-7,13-16,22,25,27-30,40H,1-2,8-12,17-21H2,3-5H3,(H,36,41)/t22-,25?,27-,28+,29-,30-,34+/m1/s1. The molecule has 3 amide bonds. The molecule has 252 valence electrons. The number of aliphatic hydroxyl groups excluding tert-OH is 1. The number of anilines is 2. The first kappa shape index (κ1) is 35.6. The minimum atomic E-state index is -1.27. The Labute approximate surface area is 280 Å². The molecule has 3 aliphatic heterocycles. The summed E-state index contributed by atoms with van der Waals surface area (Å²) in [7, 11) is 0. The maximum atomic E-state index is 14.6. The Morgan fingerprint density at radius 2 is 1.87 bits per heavy atom. The number of hydrogen-bond donors (Lipinski definition) is 2. The number of likely N-dealkylation sites (tertiary alicyclic amines) is 1. The summed E-state index contributed by atoms with van der Waals surface area (Å²) in [6.07, 6.45) is 3.41. The summed E-state index contributed by atoms with van der Waals surface area (Å²) < 4.78 is 12.3. The molecule has 0 saturated carbocycles. The van der Waals surface area contributed by atoms with Crippen LogP contribution in [0.4, 0.5) is 11.4 Å². The molecule has 0 aliphatic carbocycles. The van der Waals surface area contributed by atoms with Gasteiger partial charge in [-0.3, -0.25) is 19.2 Å². The van der Waals surface area contributed by atoms with Gasteiger partial charge in [-0.15, -0.1) is 13.2 Å². The Morgan fingerprint density at radius 3 is 2.48 bits per heavy atom.